The summed E-state index contributed by atoms with van der Waals surface area (Å²) >= 11 is 3.54. The van der Waals surface area contributed by atoms with Gasteiger partial charge in [-0.05, 0) is 43.3 Å². The smallest absolute Gasteiger partial charge is 0.186 e. The molecule has 1 aliphatic rings. The van der Waals surface area contributed by atoms with Crippen LogP contribution in [0.5, 0.6) is 0 Å². The highest BCUT2D eigenvalue weighted by Crippen LogP contribution is 2.42. The van der Waals surface area contributed by atoms with E-state index in [4.69, 9.17) is 14.7 Å². The fourth-order valence-corrected chi connectivity index (χ4v) is 4.32. The van der Waals surface area contributed by atoms with Gasteiger partial charge < -0.3 is 4.74 Å². The SMILES string of the molecule is CCO[C@@H]1C[C@@H](c2cn(-c3ccccc3)nc2-c2ccc(Br)cc2)N(c2ccccc2)O1. The van der Waals surface area contributed by atoms with Crippen molar-refractivity contribution in [3.8, 4) is 16.9 Å². The highest BCUT2D eigenvalue weighted by Gasteiger charge is 2.38. The summed E-state index contributed by atoms with van der Waals surface area (Å²) in [6.07, 6.45) is 2.53. The Hall–Kier alpha value is -2.93. The molecular weight excluding hydrogens is 466 g/mol. The Morgan fingerprint density at radius 3 is 2.25 bits per heavy atom. The molecule has 0 amide bonds. The van der Waals surface area contributed by atoms with E-state index in [0.717, 1.165) is 32.7 Å². The second kappa shape index (κ2) is 9.28. The minimum absolute atomic E-state index is 0.0370. The number of hydrogen-bond acceptors (Lipinski definition) is 4. The van der Waals surface area contributed by atoms with Crippen molar-refractivity contribution in [2.45, 2.75) is 25.7 Å². The maximum atomic E-state index is 6.25. The third kappa shape index (κ3) is 4.21. The zero-order chi connectivity index (χ0) is 21.9. The largest absolute Gasteiger partial charge is 0.350 e. The number of hydrogen-bond donors (Lipinski definition) is 0. The highest BCUT2D eigenvalue weighted by atomic mass is 79.9. The Bertz CT molecular complexity index is 1160. The number of halogens is 1. The molecule has 1 saturated heterocycles. The lowest BCUT2D eigenvalue weighted by atomic mass is 10.00. The number of nitrogens with zero attached hydrogens (tertiary/aromatic N) is 3. The Morgan fingerprint density at radius 1 is 0.938 bits per heavy atom. The van der Waals surface area contributed by atoms with Crippen LogP contribution in [0.4, 0.5) is 5.69 Å². The van der Waals surface area contributed by atoms with Crippen molar-refractivity contribution >= 4 is 21.6 Å². The van der Waals surface area contributed by atoms with Crippen LogP contribution >= 0.6 is 15.9 Å². The maximum Gasteiger partial charge on any atom is 0.186 e. The van der Waals surface area contributed by atoms with Crippen molar-refractivity contribution in [2.24, 2.45) is 0 Å². The van der Waals surface area contributed by atoms with Crippen LogP contribution in [0.2, 0.25) is 0 Å². The summed E-state index contributed by atoms with van der Waals surface area (Å²) in [5.74, 6) is 0. The molecule has 32 heavy (non-hydrogen) atoms. The van der Waals surface area contributed by atoms with Gasteiger partial charge in [-0.2, -0.15) is 5.10 Å². The van der Waals surface area contributed by atoms with Gasteiger partial charge in [0.25, 0.3) is 0 Å². The third-order valence-electron chi connectivity index (χ3n) is 5.53. The lowest BCUT2D eigenvalue weighted by molar-refractivity contribution is -0.115. The molecule has 5 nitrogen and oxygen atoms in total. The third-order valence-corrected chi connectivity index (χ3v) is 6.06. The average Bonchev–Trinajstić information content (AvgIpc) is 3.46. The van der Waals surface area contributed by atoms with E-state index in [0.29, 0.717) is 13.0 Å². The number of anilines is 1. The van der Waals surface area contributed by atoms with Gasteiger partial charge in [-0.1, -0.05) is 64.5 Å². The molecule has 0 unspecified atom stereocenters. The zero-order valence-corrected chi connectivity index (χ0v) is 19.4. The molecule has 5 rings (SSSR count). The summed E-state index contributed by atoms with van der Waals surface area (Å²) in [6, 6.07) is 28.6. The molecule has 1 aromatic heterocycles. The second-order valence-electron chi connectivity index (χ2n) is 7.62. The Balaban J connectivity index is 1.62. The minimum atomic E-state index is -0.303. The van der Waals surface area contributed by atoms with Crippen LogP contribution in [0.1, 0.15) is 24.9 Å². The first-order chi connectivity index (χ1) is 15.7. The molecule has 0 saturated carbocycles. The van der Waals surface area contributed by atoms with Gasteiger partial charge in [0.15, 0.2) is 6.29 Å². The molecule has 1 aliphatic heterocycles. The van der Waals surface area contributed by atoms with Gasteiger partial charge in [0.05, 0.1) is 23.1 Å². The molecule has 6 heteroatoms. The van der Waals surface area contributed by atoms with Crippen LogP contribution in [-0.2, 0) is 9.57 Å². The quantitative estimate of drug-likeness (QED) is 0.308. The molecule has 0 aliphatic carbocycles. The van der Waals surface area contributed by atoms with Crippen molar-refractivity contribution < 1.29 is 9.57 Å². The van der Waals surface area contributed by atoms with E-state index in [2.05, 4.69) is 58.5 Å². The van der Waals surface area contributed by atoms with Gasteiger partial charge in [0.2, 0.25) is 0 Å². The Labute approximate surface area is 196 Å². The molecule has 2 atom stereocenters. The molecule has 1 fully saturated rings. The summed E-state index contributed by atoms with van der Waals surface area (Å²) in [5, 5.41) is 6.97. The van der Waals surface area contributed by atoms with Crippen molar-refractivity contribution in [2.75, 3.05) is 11.7 Å². The number of rotatable bonds is 6. The van der Waals surface area contributed by atoms with Crippen molar-refractivity contribution in [3.05, 3.63) is 101 Å². The van der Waals surface area contributed by atoms with Crippen LogP contribution in [0.15, 0.2) is 95.6 Å². The number of aromatic nitrogens is 2. The molecule has 4 aromatic rings. The van der Waals surface area contributed by atoms with Gasteiger partial charge >= 0.3 is 0 Å². The molecule has 2 heterocycles. The second-order valence-corrected chi connectivity index (χ2v) is 8.54. The first kappa shape index (κ1) is 20.9. The molecular formula is C26H24BrN3O2. The first-order valence-corrected chi connectivity index (χ1v) is 11.6. The predicted octanol–water partition coefficient (Wildman–Crippen LogP) is 6.55. The number of para-hydroxylation sites is 2. The predicted molar refractivity (Wildman–Crippen MR) is 129 cm³/mol. The lowest BCUT2D eigenvalue weighted by Crippen LogP contribution is -2.22. The molecule has 0 spiro atoms. The van der Waals surface area contributed by atoms with Gasteiger partial charge in [0, 0.05) is 34.8 Å². The highest BCUT2D eigenvalue weighted by molar-refractivity contribution is 9.10. The van der Waals surface area contributed by atoms with E-state index in [-0.39, 0.29) is 12.3 Å². The van der Waals surface area contributed by atoms with Gasteiger partial charge in [-0.25, -0.2) is 14.6 Å². The van der Waals surface area contributed by atoms with E-state index >= 15 is 0 Å². The van der Waals surface area contributed by atoms with E-state index in [1.807, 2.05) is 65.2 Å². The Morgan fingerprint density at radius 2 is 1.59 bits per heavy atom. The standard InChI is InChI=1S/C26H24BrN3O2/c1-2-31-25-17-24(30(32-25)22-11-7-4-8-12-22)23-18-29(21-9-5-3-6-10-21)28-26(23)19-13-15-20(27)16-14-19/h3-16,18,24-25H,2,17H2,1H3/t24-,25-/m0/s1. The monoisotopic (exact) mass is 489 g/mol. The van der Waals surface area contributed by atoms with E-state index in [1.54, 1.807) is 0 Å². The average molecular weight is 490 g/mol. The first-order valence-electron chi connectivity index (χ1n) is 10.8. The fraction of sp³-hybridized carbons (Fsp3) is 0.192. The summed E-state index contributed by atoms with van der Waals surface area (Å²) in [5.41, 5.74) is 5.11. The number of ether oxygens (including phenoxy) is 1. The zero-order valence-electron chi connectivity index (χ0n) is 17.8. The van der Waals surface area contributed by atoms with E-state index < -0.39 is 0 Å². The van der Waals surface area contributed by atoms with Crippen LogP contribution in [0.3, 0.4) is 0 Å². The van der Waals surface area contributed by atoms with Crippen molar-refractivity contribution in [1.29, 1.82) is 0 Å². The summed E-state index contributed by atoms with van der Waals surface area (Å²) in [4.78, 5) is 6.25. The van der Waals surface area contributed by atoms with E-state index in [9.17, 15) is 0 Å². The van der Waals surface area contributed by atoms with Crippen molar-refractivity contribution in [1.82, 2.24) is 9.78 Å². The molecule has 3 aromatic carbocycles. The fourth-order valence-electron chi connectivity index (χ4n) is 4.05. The molecule has 162 valence electrons. The normalized spacial score (nSPS) is 18.2. The Kier molecular flexibility index (Phi) is 6.08. The number of hydroxylamine groups is 1. The molecule has 0 bridgehead atoms. The molecule has 0 radical (unpaired) electrons. The maximum absolute atomic E-state index is 6.25. The summed E-state index contributed by atoms with van der Waals surface area (Å²) in [6.45, 7) is 2.59. The van der Waals surface area contributed by atoms with Gasteiger partial charge in [0.1, 0.15) is 0 Å². The number of benzene rings is 3. The minimum Gasteiger partial charge on any atom is -0.350 e. The summed E-state index contributed by atoms with van der Waals surface area (Å²) < 4.78 is 8.85. The van der Waals surface area contributed by atoms with Crippen LogP contribution in [0, 0.1) is 0 Å². The van der Waals surface area contributed by atoms with Gasteiger partial charge in [-0.3, -0.25) is 0 Å². The van der Waals surface area contributed by atoms with E-state index in [1.165, 1.54) is 0 Å². The topological polar surface area (TPSA) is 39.5 Å². The van der Waals surface area contributed by atoms with Gasteiger partial charge in [-0.15, -0.1) is 0 Å². The van der Waals surface area contributed by atoms with Crippen molar-refractivity contribution in [3.63, 3.8) is 0 Å². The summed E-state index contributed by atoms with van der Waals surface area (Å²) in [7, 11) is 0. The van der Waals surface area contributed by atoms with Crippen LogP contribution in [-0.4, -0.2) is 22.7 Å². The van der Waals surface area contributed by atoms with Crippen LogP contribution in [0.25, 0.3) is 16.9 Å². The van der Waals surface area contributed by atoms with Crippen LogP contribution < -0.4 is 5.06 Å². The molecule has 0 N–H and O–H groups in total. The lowest BCUT2D eigenvalue weighted by Gasteiger charge is -2.24.